The molecule has 4 heteroatoms. The lowest BCUT2D eigenvalue weighted by Gasteiger charge is -2.13. The summed E-state index contributed by atoms with van der Waals surface area (Å²) in [6.45, 7) is 1.06. The minimum Gasteiger partial charge on any atom is -0.489 e. The van der Waals surface area contributed by atoms with E-state index in [2.05, 4.69) is 5.32 Å². The fraction of sp³-hybridized carbons (Fsp3) is 0.0952. The predicted molar refractivity (Wildman–Crippen MR) is 97.9 cm³/mol. The summed E-state index contributed by atoms with van der Waals surface area (Å²) in [5.41, 5.74) is 3.15. The van der Waals surface area contributed by atoms with Crippen molar-refractivity contribution in [3.05, 3.63) is 95.6 Å². The van der Waals surface area contributed by atoms with Crippen LogP contribution in [0, 0.1) is 0 Å². The minimum atomic E-state index is -0.935. The van der Waals surface area contributed by atoms with Gasteiger partial charge in [-0.05, 0) is 29.8 Å². The van der Waals surface area contributed by atoms with Crippen LogP contribution in [0.15, 0.2) is 78.9 Å². The molecule has 0 bridgehead atoms. The van der Waals surface area contributed by atoms with E-state index in [1.807, 2.05) is 60.7 Å². The number of carboxylic acid groups (broad SMARTS) is 1. The van der Waals surface area contributed by atoms with E-state index in [9.17, 15) is 4.79 Å². The van der Waals surface area contributed by atoms with Gasteiger partial charge >= 0.3 is 5.97 Å². The number of ether oxygens (including phenoxy) is 1. The standard InChI is InChI=1S/C21H19NO3/c23-21(24)17-10-6-11-19(13-17)22-14-18-9-4-5-12-20(18)25-15-16-7-2-1-3-8-16/h1-13,22H,14-15H2,(H,23,24). The summed E-state index contributed by atoms with van der Waals surface area (Å²) >= 11 is 0. The second-order valence-corrected chi connectivity index (χ2v) is 5.62. The number of carbonyl (C=O) groups is 1. The van der Waals surface area contributed by atoms with Crippen LogP contribution in [0.5, 0.6) is 5.75 Å². The lowest BCUT2D eigenvalue weighted by atomic mass is 10.1. The van der Waals surface area contributed by atoms with E-state index in [0.717, 1.165) is 22.6 Å². The third-order valence-electron chi connectivity index (χ3n) is 3.80. The molecule has 0 unspecified atom stereocenters. The van der Waals surface area contributed by atoms with Gasteiger partial charge in [-0.1, -0.05) is 54.6 Å². The summed E-state index contributed by atoms with van der Waals surface area (Å²) in [7, 11) is 0. The summed E-state index contributed by atoms with van der Waals surface area (Å²) in [6, 6.07) is 24.6. The first-order valence-electron chi connectivity index (χ1n) is 8.04. The maximum atomic E-state index is 11.1. The number of para-hydroxylation sites is 1. The van der Waals surface area contributed by atoms with Crippen molar-refractivity contribution in [3.8, 4) is 5.75 Å². The Morgan fingerprint density at radius 2 is 1.68 bits per heavy atom. The van der Waals surface area contributed by atoms with Gasteiger partial charge in [0.1, 0.15) is 12.4 Å². The van der Waals surface area contributed by atoms with E-state index in [0.29, 0.717) is 13.2 Å². The number of benzene rings is 3. The van der Waals surface area contributed by atoms with Gasteiger partial charge in [0.05, 0.1) is 5.56 Å². The Bertz CT molecular complexity index is 847. The van der Waals surface area contributed by atoms with Gasteiger partial charge in [0, 0.05) is 17.8 Å². The molecule has 0 fully saturated rings. The average Bonchev–Trinajstić information content (AvgIpc) is 2.66. The summed E-state index contributed by atoms with van der Waals surface area (Å²) in [4.78, 5) is 11.1. The Labute approximate surface area is 146 Å². The SMILES string of the molecule is O=C(O)c1cccc(NCc2ccccc2OCc2ccccc2)c1. The highest BCUT2D eigenvalue weighted by atomic mass is 16.5. The number of carboxylic acids is 1. The molecule has 0 amide bonds. The van der Waals surface area contributed by atoms with Crippen molar-refractivity contribution < 1.29 is 14.6 Å². The number of nitrogens with one attached hydrogen (secondary N) is 1. The molecule has 0 aliphatic rings. The van der Waals surface area contributed by atoms with Gasteiger partial charge < -0.3 is 15.2 Å². The number of anilines is 1. The molecule has 4 nitrogen and oxygen atoms in total. The molecule has 2 N–H and O–H groups in total. The van der Waals surface area contributed by atoms with Gasteiger partial charge in [0.25, 0.3) is 0 Å². The van der Waals surface area contributed by atoms with Gasteiger partial charge in [0.2, 0.25) is 0 Å². The monoisotopic (exact) mass is 333 g/mol. The van der Waals surface area contributed by atoms with Crippen molar-refractivity contribution in [1.82, 2.24) is 0 Å². The van der Waals surface area contributed by atoms with Crippen LogP contribution >= 0.6 is 0 Å². The third kappa shape index (κ3) is 4.61. The molecule has 25 heavy (non-hydrogen) atoms. The average molecular weight is 333 g/mol. The molecule has 0 saturated carbocycles. The first-order valence-corrected chi connectivity index (χ1v) is 8.04. The number of hydrogen-bond acceptors (Lipinski definition) is 3. The zero-order valence-electron chi connectivity index (χ0n) is 13.7. The molecular weight excluding hydrogens is 314 g/mol. The number of hydrogen-bond donors (Lipinski definition) is 2. The van der Waals surface area contributed by atoms with Crippen molar-refractivity contribution in [2.75, 3.05) is 5.32 Å². The molecule has 126 valence electrons. The molecule has 3 rings (SSSR count). The molecule has 0 spiro atoms. The molecule has 0 aliphatic carbocycles. The molecular formula is C21H19NO3. The van der Waals surface area contributed by atoms with Crippen molar-refractivity contribution in [3.63, 3.8) is 0 Å². The van der Waals surface area contributed by atoms with Crippen LogP contribution in [0.2, 0.25) is 0 Å². The van der Waals surface area contributed by atoms with E-state index in [1.165, 1.54) is 0 Å². The van der Waals surface area contributed by atoms with Crippen molar-refractivity contribution in [2.24, 2.45) is 0 Å². The Hall–Kier alpha value is -3.27. The summed E-state index contributed by atoms with van der Waals surface area (Å²) in [6.07, 6.45) is 0. The second kappa shape index (κ2) is 8.02. The molecule has 3 aromatic carbocycles. The van der Waals surface area contributed by atoms with Gasteiger partial charge in [-0.2, -0.15) is 0 Å². The van der Waals surface area contributed by atoms with Crippen molar-refractivity contribution >= 4 is 11.7 Å². The predicted octanol–water partition coefficient (Wildman–Crippen LogP) is 4.58. The summed E-state index contributed by atoms with van der Waals surface area (Å²) in [5, 5.41) is 12.3. The highest BCUT2D eigenvalue weighted by molar-refractivity contribution is 5.88. The van der Waals surface area contributed by atoms with E-state index in [-0.39, 0.29) is 5.56 Å². The fourth-order valence-electron chi connectivity index (χ4n) is 2.49. The highest BCUT2D eigenvalue weighted by Gasteiger charge is 2.06. The smallest absolute Gasteiger partial charge is 0.335 e. The lowest BCUT2D eigenvalue weighted by Crippen LogP contribution is -2.04. The van der Waals surface area contributed by atoms with E-state index < -0.39 is 5.97 Å². The zero-order valence-corrected chi connectivity index (χ0v) is 13.7. The quantitative estimate of drug-likeness (QED) is 0.665. The van der Waals surface area contributed by atoms with Crippen molar-refractivity contribution in [2.45, 2.75) is 13.2 Å². The first kappa shape index (κ1) is 16.6. The summed E-state index contributed by atoms with van der Waals surface area (Å²) < 4.78 is 5.94. The molecule has 0 radical (unpaired) electrons. The second-order valence-electron chi connectivity index (χ2n) is 5.62. The number of rotatable bonds is 7. The van der Waals surface area contributed by atoms with Crippen LogP contribution in [0.4, 0.5) is 5.69 Å². The van der Waals surface area contributed by atoms with Crippen LogP contribution in [0.1, 0.15) is 21.5 Å². The Morgan fingerprint density at radius 3 is 2.48 bits per heavy atom. The Kier molecular flexibility index (Phi) is 5.32. The Balaban J connectivity index is 1.66. The van der Waals surface area contributed by atoms with Gasteiger partial charge in [-0.25, -0.2) is 4.79 Å². The Morgan fingerprint density at radius 1 is 0.920 bits per heavy atom. The van der Waals surface area contributed by atoms with Crippen molar-refractivity contribution in [1.29, 1.82) is 0 Å². The van der Waals surface area contributed by atoms with Gasteiger partial charge in [0.15, 0.2) is 0 Å². The maximum absolute atomic E-state index is 11.1. The van der Waals surface area contributed by atoms with Gasteiger partial charge in [-0.15, -0.1) is 0 Å². The normalized spacial score (nSPS) is 10.2. The van der Waals surface area contributed by atoms with E-state index >= 15 is 0 Å². The highest BCUT2D eigenvalue weighted by Crippen LogP contribution is 2.21. The van der Waals surface area contributed by atoms with Gasteiger partial charge in [-0.3, -0.25) is 0 Å². The minimum absolute atomic E-state index is 0.263. The largest absolute Gasteiger partial charge is 0.489 e. The molecule has 0 heterocycles. The topological polar surface area (TPSA) is 58.6 Å². The van der Waals surface area contributed by atoms with Crippen LogP contribution in [-0.2, 0) is 13.2 Å². The lowest BCUT2D eigenvalue weighted by molar-refractivity contribution is 0.0697. The first-order chi connectivity index (χ1) is 12.2. The molecule has 0 aliphatic heterocycles. The zero-order chi connectivity index (χ0) is 17.5. The van der Waals surface area contributed by atoms with Crippen LogP contribution in [0.3, 0.4) is 0 Å². The van der Waals surface area contributed by atoms with Crippen LogP contribution in [-0.4, -0.2) is 11.1 Å². The van der Waals surface area contributed by atoms with Crippen LogP contribution in [0.25, 0.3) is 0 Å². The molecule has 3 aromatic rings. The molecule has 0 saturated heterocycles. The van der Waals surface area contributed by atoms with E-state index in [1.54, 1.807) is 18.2 Å². The number of aromatic carboxylic acids is 1. The molecule has 0 atom stereocenters. The summed E-state index contributed by atoms with van der Waals surface area (Å²) in [5.74, 6) is -0.122. The van der Waals surface area contributed by atoms with Crippen LogP contribution < -0.4 is 10.1 Å². The molecule has 0 aromatic heterocycles. The fourth-order valence-corrected chi connectivity index (χ4v) is 2.49. The van der Waals surface area contributed by atoms with E-state index in [4.69, 9.17) is 9.84 Å². The maximum Gasteiger partial charge on any atom is 0.335 e. The third-order valence-corrected chi connectivity index (χ3v) is 3.80.